The number of piperidine rings is 2. The molecule has 5 heterocycles. The molecule has 310 valence electrons. The number of anilines is 2. The first-order valence-corrected chi connectivity index (χ1v) is 20.8. The van der Waals surface area contributed by atoms with E-state index in [0.29, 0.717) is 39.6 Å². The normalized spacial score (nSPS) is 22.5. The van der Waals surface area contributed by atoms with E-state index in [-0.39, 0.29) is 30.9 Å². The number of hydrogen-bond donors (Lipinski definition) is 1. The Morgan fingerprint density at radius 1 is 0.817 bits per heavy atom. The fourth-order valence-corrected chi connectivity index (χ4v) is 9.32. The van der Waals surface area contributed by atoms with Crippen molar-refractivity contribution in [3.63, 3.8) is 0 Å². The highest BCUT2D eigenvalue weighted by Gasteiger charge is 2.45. The smallest absolute Gasteiger partial charge is 0.274 e. The number of carbonyl (C=O) groups is 5. The fourth-order valence-electron chi connectivity index (χ4n) is 9.32. The third-order valence-corrected chi connectivity index (χ3v) is 12.8. The second kappa shape index (κ2) is 17.1. The summed E-state index contributed by atoms with van der Waals surface area (Å²) >= 11 is 0. The van der Waals surface area contributed by atoms with Gasteiger partial charge in [0.05, 0.1) is 28.4 Å². The van der Waals surface area contributed by atoms with Gasteiger partial charge in [0, 0.05) is 71.0 Å². The molecule has 1 N–H and O–H groups in total. The molecule has 5 amide bonds. The lowest BCUT2D eigenvalue weighted by molar-refractivity contribution is -0.136. The van der Waals surface area contributed by atoms with Crippen molar-refractivity contribution in [3.8, 4) is 17.9 Å². The highest BCUT2D eigenvalue weighted by molar-refractivity contribution is 6.24. The Bertz CT molecular complexity index is 2280. The van der Waals surface area contributed by atoms with Crippen LogP contribution in [0.1, 0.15) is 99.3 Å². The number of benzene rings is 2. The van der Waals surface area contributed by atoms with Crippen molar-refractivity contribution in [2.45, 2.75) is 76.5 Å². The molecule has 4 aliphatic heterocycles. The first-order chi connectivity index (χ1) is 29.0. The third-order valence-electron chi connectivity index (χ3n) is 12.8. The lowest BCUT2D eigenvalue weighted by Crippen LogP contribution is -2.54. The van der Waals surface area contributed by atoms with Crippen molar-refractivity contribution in [1.82, 2.24) is 30.2 Å². The van der Waals surface area contributed by atoms with Gasteiger partial charge in [-0.15, -0.1) is 10.2 Å². The predicted octanol–water partition coefficient (Wildman–Crippen LogP) is 3.43. The fraction of sp³-hybridized carbons (Fsp3) is 0.477. The molecule has 0 radical (unpaired) electrons. The van der Waals surface area contributed by atoms with Gasteiger partial charge in [0.2, 0.25) is 11.8 Å². The van der Waals surface area contributed by atoms with Gasteiger partial charge in [-0.1, -0.05) is 0 Å². The molecule has 60 heavy (non-hydrogen) atoms. The van der Waals surface area contributed by atoms with E-state index in [4.69, 9.17) is 4.74 Å². The van der Waals surface area contributed by atoms with Gasteiger partial charge in [-0.05, 0) is 106 Å². The summed E-state index contributed by atoms with van der Waals surface area (Å²) in [7, 11) is 1.81. The second-order valence-electron chi connectivity index (χ2n) is 16.5. The number of rotatable bonds is 9. The van der Waals surface area contributed by atoms with E-state index >= 15 is 0 Å². The number of carbonyl (C=O) groups excluding carboxylic acids is 5. The summed E-state index contributed by atoms with van der Waals surface area (Å²) in [6.45, 7) is 7.97. The number of aromatic nitrogens is 2. The van der Waals surface area contributed by atoms with Crippen LogP contribution in [0.25, 0.3) is 0 Å². The van der Waals surface area contributed by atoms with Crippen LogP contribution in [0.5, 0.6) is 5.75 Å². The first kappa shape index (κ1) is 40.4. The standard InChI is InChI=1S/C44H48N10O6/c1-27-21-34-35(43(58)54(42(34)57)37-10-12-40(55)47-41(37)56)23-38(27)52-19-17-51(18-20-52)26-28-13-15-53(16-14-28)39-11-9-36(48-49-39)44(59)50(2)31-4-7-32(8-5-31)60-33-6-3-29(24-45)30(22-33)25-46/h3,6,9,11,21-23,28,31-32,37H,4-5,7-8,10,12-20,26H2,1-2H3,(H,47,55,56)/t31-,32-,37?. The van der Waals surface area contributed by atoms with E-state index in [1.807, 2.05) is 32.2 Å². The zero-order chi connectivity index (χ0) is 42.1. The van der Waals surface area contributed by atoms with Crippen molar-refractivity contribution in [2.24, 2.45) is 5.92 Å². The van der Waals surface area contributed by atoms with Gasteiger partial charge >= 0.3 is 0 Å². The van der Waals surface area contributed by atoms with Crippen molar-refractivity contribution in [3.05, 3.63) is 76.0 Å². The SMILES string of the molecule is Cc1cc2c(cc1N1CCN(CC3CCN(c4ccc(C(=O)N(C)[C@H]5CC[C@H](Oc6ccc(C#N)c(C#N)c6)CC5)nn4)CC3)CC1)C(=O)N(C1CCC(=O)NC1=O)C2=O. The number of nitrogens with zero attached hydrogens (tertiary/aromatic N) is 9. The molecule has 5 aliphatic rings. The summed E-state index contributed by atoms with van der Waals surface area (Å²) in [6.07, 6.45) is 5.30. The molecule has 1 aliphatic carbocycles. The zero-order valence-corrected chi connectivity index (χ0v) is 33.9. The Morgan fingerprint density at radius 2 is 1.52 bits per heavy atom. The predicted molar refractivity (Wildman–Crippen MR) is 218 cm³/mol. The maximum absolute atomic E-state index is 13.4. The molecular formula is C44H48N10O6. The number of ether oxygens (including phenoxy) is 1. The van der Waals surface area contributed by atoms with Gasteiger partial charge in [0.25, 0.3) is 17.7 Å². The maximum Gasteiger partial charge on any atom is 0.274 e. The molecular weight excluding hydrogens is 765 g/mol. The number of nitriles is 2. The van der Waals surface area contributed by atoms with Crippen molar-refractivity contribution in [1.29, 1.82) is 10.5 Å². The van der Waals surface area contributed by atoms with Crippen LogP contribution in [-0.2, 0) is 9.59 Å². The second-order valence-corrected chi connectivity index (χ2v) is 16.5. The van der Waals surface area contributed by atoms with E-state index in [1.165, 1.54) is 0 Å². The average Bonchev–Trinajstić information content (AvgIpc) is 3.50. The lowest BCUT2D eigenvalue weighted by atomic mass is 9.91. The van der Waals surface area contributed by atoms with E-state index in [9.17, 15) is 34.5 Å². The van der Waals surface area contributed by atoms with Gasteiger partial charge in [0.15, 0.2) is 11.5 Å². The van der Waals surface area contributed by atoms with Crippen LogP contribution in [0.4, 0.5) is 11.5 Å². The van der Waals surface area contributed by atoms with E-state index in [2.05, 4.69) is 30.2 Å². The maximum atomic E-state index is 13.4. The zero-order valence-electron chi connectivity index (χ0n) is 33.9. The van der Waals surface area contributed by atoms with E-state index in [0.717, 1.165) is 106 Å². The number of amides is 5. The number of piperazine rings is 1. The summed E-state index contributed by atoms with van der Waals surface area (Å²) in [4.78, 5) is 74.0. The molecule has 16 heteroatoms. The van der Waals surface area contributed by atoms with Crippen molar-refractivity contribution in [2.75, 3.05) is 62.7 Å². The van der Waals surface area contributed by atoms with Gasteiger partial charge in [0.1, 0.15) is 23.9 Å². The lowest BCUT2D eigenvalue weighted by Gasteiger charge is -2.40. The van der Waals surface area contributed by atoms with Gasteiger partial charge in [-0.2, -0.15) is 10.5 Å². The molecule has 1 unspecified atom stereocenters. The Labute approximate surface area is 348 Å². The largest absolute Gasteiger partial charge is 0.490 e. The minimum Gasteiger partial charge on any atom is -0.490 e. The quantitative estimate of drug-likeness (QED) is 0.309. The number of aryl methyl sites for hydroxylation is 1. The van der Waals surface area contributed by atoms with Crippen LogP contribution in [0.3, 0.4) is 0 Å². The monoisotopic (exact) mass is 812 g/mol. The van der Waals surface area contributed by atoms with Crippen molar-refractivity contribution < 1.29 is 28.7 Å². The van der Waals surface area contributed by atoms with Gasteiger partial charge < -0.3 is 19.4 Å². The third kappa shape index (κ3) is 8.12. The molecule has 1 saturated carbocycles. The Balaban J connectivity index is 0.774. The molecule has 0 spiro atoms. The summed E-state index contributed by atoms with van der Waals surface area (Å²) < 4.78 is 6.12. The minimum atomic E-state index is -0.985. The summed E-state index contributed by atoms with van der Waals surface area (Å²) in [6, 6.07) is 15.3. The highest BCUT2D eigenvalue weighted by atomic mass is 16.5. The molecule has 8 rings (SSSR count). The minimum absolute atomic E-state index is 0.0313. The molecule has 0 bridgehead atoms. The molecule has 1 atom stereocenters. The van der Waals surface area contributed by atoms with Crippen LogP contribution < -0.4 is 19.9 Å². The van der Waals surface area contributed by atoms with Crippen LogP contribution in [0, 0.1) is 35.5 Å². The number of imide groups is 2. The Kier molecular flexibility index (Phi) is 11.5. The average molecular weight is 813 g/mol. The number of fused-ring (bicyclic) bond motifs is 1. The summed E-state index contributed by atoms with van der Waals surface area (Å²) in [5, 5.41) is 29.6. The van der Waals surface area contributed by atoms with Crippen LogP contribution >= 0.6 is 0 Å². The van der Waals surface area contributed by atoms with E-state index in [1.54, 1.807) is 41.3 Å². The van der Waals surface area contributed by atoms with Crippen LogP contribution in [-0.4, -0.2) is 125 Å². The highest BCUT2D eigenvalue weighted by Crippen LogP contribution is 2.34. The molecule has 16 nitrogen and oxygen atoms in total. The molecule has 1 aromatic heterocycles. The van der Waals surface area contributed by atoms with E-state index < -0.39 is 29.7 Å². The molecule has 3 saturated heterocycles. The number of nitrogens with one attached hydrogen (secondary N) is 1. The van der Waals surface area contributed by atoms with Crippen LogP contribution in [0.15, 0.2) is 42.5 Å². The summed E-state index contributed by atoms with van der Waals surface area (Å²) in [5.41, 5.74) is 3.36. The van der Waals surface area contributed by atoms with Gasteiger partial charge in [-0.3, -0.25) is 39.1 Å². The number of hydrogen-bond acceptors (Lipinski definition) is 13. The molecule has 2 aromatic carbocycles. The first-order valence-electron chi connectivity index (χ1n) is 20.8. The van der Waals surface area contributed by atoms with Gasteiger partial charge in [-0.25, -0.2) is 0 Å². The summed E-state index contributed by atoms with van der Waals surface area (Å²) in [5.74, 6) is -0.266. The Morgan fingerprint density at radius 3 is 2.17 bits per heavy atom. The van der Waals surface area contributed by atoms with Crippen LogP contribution in [0.2, 0.25) is 0 Å². The molecule has 4 fully saturated rings. The molecule has 3 aromatic rings. The Hall–Kier alpha value is -6.39. The van der Waals surface area contributed by atoms with Crippen molar-refractivity contribution >= 4 is 41.0 Å². The topological polar surface area (TPSA) is 196 Å².